The number of aliphatic imine (C=N–C) groups is 1. The summed E-state index contributed by atoms with van der Waals surface area (Å²) >= 11 is 0. The van der Waals surface area contributed by atoms with Gasteiger partial charge in [-0.3, -0.25) is 14.5 Å². The lowest BCUT2D eigenvalue weighted by Gasteiger charge is -2.25. The molecule has 0 radical (unpaired) electrons. The summed E-state index contributed by atoms with van der Waals surface area (Å²) in [5, 5.41) is 14.1. The van der Waals surface area contributed by atoms with Crippen molar-refractivity contribution >= 4 is 11.7 Å². The topological polar surface area (TPSA) is 130 Å². The molecule has 12 nitrogen and oxygen atoms in total. The number of carbonyl (C=O) groups excluding carboxylic acids is 1. The Morgan fingerprint density at radius 1 is 0.978 bits per heavy atom. The second-order valence-electron chi connectivity index (χ2n) is 11.4. The van der Waals surface area contributed by atoms with Crippen molar-refractivity contribution in [1.29, 1.82) is 0 Å². The lowest BCUT2D eigenvalue weighted by Crippen LogP contribution is -2.28. The van der Waals surface area contributed by atoms with Gasteiger partial charge >= 0.3 is 0 Å². The summed E-state index contributed by atoms with van der Waals surface area (Å²) in [5.74, 6) is 2.38. The van der Waals surface area contributed by atoms with E-state index in [1.165, 1.54) is 36.2 Å². The van der Waals surface area contributed by atoms with Gasteiger partial charge in [0.1, 0.15) is 11.5 Å². The van der Waals surface area contributed by atoms with Gasteiger partial charge < -0.3 is 34.3 Å². The first kappa shape index (κ1) is 36.6. The molecule has 1 aliphatic carbocycles. The largest absolute Gasteiger partial charge is 0.379 e. The van der Waals surface area contributed by atoms with Crippen LogP contribution in [-0.4, -0.2) is 106 Å². The molecule has 252 valence electrons. The van der Waals surface area contributed by atoms with Crippen molar-refractivity contribution in [3.05, 3.63) is 47.3 Å². The monoisotopic (exact) mass is 630 g/mol. The molecule has 1 unspecified atom stereocenters. The van der Waals surface area contributed by atoms with E-state index in [0.29, 0.717) is 84.3 Å². The standard InChI is InChI=1S/C20H38N4O6.C13H16N2/c1-18(2)4-6-24-16-19(22-23-24)17-30-15-14-29-13-12-28-11-10-27-9-8-26-7-5-20(25)21-3;1-2-6-11-10(4-1)5-3-7-12(11)13-14-8-9-15-13/h16,18H,4-15,17H2,1-3H3,(H,21,25);1-2,4,6,12H,3,5,7-9H2,(H,14,15). The van der Waals surface area contributed by atoms with Crippen LogP contribution in [-0.2, 0) is 48.1 Å². The molecule has 0 bridgehead atoms. The summed E-state index contributed by atoms with van der Waals surface area (Å²) in [4.78, 5) is 15.5. The Morgan fingerprint density at radius 3 is 2.29 bits per heavy atom. The Bertz CT molecular complexity index is 1110. The van der Waals surface area contributed by atoms with E-state index < -0.39 is 0 Å². The van der Waals surface area contributed by atoms with Gasteiger partial charge in [0.25, 0.3) is 0 Å². The van der Waals surface area contributed by atoms with Gasteiger partial charge in [-0.1, -0.05) is 43.3 Å². The normalized spacial score (nSPS) is 15.6. The predicted molar refractivity (Wildman–Crippen MR) is 174 cm³/mol. The van der Waals surface area contributed by atoms with Crippen LogP contribution in [0.25, 0.3) is 0 Å². The van der Waals surface area contributed by atoms with Gasteiger partial charge in [0.15, 0.2) is 0 Å². The van der Waals surface area contributed by atoms with Crippen LogP contribution in [0.15, 0.2) is 35.5 Å². The molecule has 0 spiro atoms. The van der Waals surface area contributed by atoms with Gasteiger partial charge in [0, 0.05) is 32.5 Å². The molecule has 0 fully saturated rings. The summed E-state index contributed by atoms with van der Waals surface area (Å²) in [5.41, 5.74) is 3.85. The molecule has 1 atom stereocenters. The zero-order valence-electron chi connectivity index (χ0n) is 27.5. The molecule has 1 aromatic heterocycles. The number of benzene rings is 1. The highest BCUT2D eigenvalue weighted by molar-refractivity contribution is 5.90. The van der Waals surface area contributed by atoms with Gasteiger partial charge in [-0.25, -0.2) is 0 Å². The van der Waals surface area contributed by atoms with Gasteiger partial charge in [0.2, 0.25) is 5.91 Å². The Balaban J connectivity index is 0.000000302. The summed E-state index contributed by atoms with van der Waals surface area (Å²) in [7, 11) is 1.61. The highest BCUT2D eigenvalue weighted by atomic mass is 16.6. The second kappa shape index (κ2) is 22.6. The lowest BCUT2D eigenvalue weighted by atomic mass is 9.82. The summed E-state index contributed by atoms with van der Waals surface area (Å²) in [6, 6.07) is 8.82. The van der Waals surface area contributed by atoms with Gasteiger partial charge in [-0.15, -0.1) is 5.10 Å². The molecule has 0 saturated heterocycles. The predicted octanol–water partition coefficient (Wildman–Crippen LogP) is 3.15. The van der Waals surface area contributed by atoms with Gasteiger partial charge in [-0.05, 0) is 42.7 Å². The first-order chi connectivity index (χ1) is 22.1. The number of nitrogens with one attached hydrogen (secondary N) is 2. The number of rotatable bonds is 21. The Hall–Kier alpha value is -2.90. The zero-order valence-corrected chi connectivity index (χ0v) is 27.5. The summed E-state index contributed by atoms with van der Waals surface area (Å²) in [6.07, 6.45) is 7.16. The van der Waals surface area contributed by atoms with Crippen molar-refractivity contribution < 1.29 is 28.5 Å². The maximum atomic E-state index is 11.0. The minimum absolute atomic E-state index is 0.0281. The van der Waals surface area contributed by atoms with Crippen LogP contribution >= 0.6 is 0 Å². The molecule has 2 heterocycles. The molecule has 4 rings (SSSR count). The highest BCUT2D eigenvalue weighted by Crippen LogP contribution is 2.32. The third-order valence-electron chi connectivity index (χ3n) is 7.41. The summed E-state index contributed by atoms with van der Waals surface area (Å²) in [6.45, 7) is 12.1. The van der Waals surface area contributed by atoms with Gasteiger partial charge in [-0.2, -0.15) is 0 Å². The number of hydrogen-bond acceptors (Lipinski definition) is 10. The molecule has 2 aliphatic rings. The number of amides is 1. The third kappa shape index (κ3) is 15.3. The fraction of sp³-hybridized carbons (Fsp3) is 0.697. The number of aryl methyl sites for hydroxylation is 2. The van der Waals surface area contributed by atoms with Crippen molar-refractivity contribution in [1.82, 2.24) is 25.6 Å². The van der Waals surface area contributed by atoms with E-state index in [4.69, 9.17) is 23.7 Å². The van der Waals surface area contributed by atoms with Crippen LogP contribution in [0, 0.1) is 5.92 Å². The molecule has 1 aliphatic heterocycles. The number of amidine groups is 1. The van der Waals surface area contributed by atoms with E-state index in [0.717, 1.165) is 31.7 Å². The van der Waals surface area contributed by atoms with E-state index >= 15 is 0 Å². The number of nitrogens with zero attached hydrogens (tertiary/aromatic N) is 4. The molecule has 2 aromatic rings. The third-order valence-corrected chi connectivity index (χ3v) is 7.41. The number of carbonyl (C=O) groups is 1. The lowest BCUT2D eigenvalue weighted by molar-refractivity contribution is -0.121. The molecular formula is C33H54N6O6. The Morgan fingerprint density at radius 2 is 1.64 bits per heavy atom. The van der Waals surface area contributed by atoms with E-state index in [2.05, 4.69) is 64.1 Å². The fourth-order valence-corrected chi connectivity index (χ4v) is 4.94. The molecule has 45 heavy (non-hydrogen) atoms. The smallest absolute Gasteiger partial charge is 0.222 e. The van der Waals surface area contributed by atoms with Crippen LogP contribution in [0.5, 0.6) is 0 Å². The fourth-order valence-electron chi connectivity index (χ4n) is 4.94. The number of ether oxygens (including phenoxy) is 5. The van der Waals surface area contributed by atoms with Gasteiger partial charge in [0.05, 0.1) is 78.8 Å². The van der Waals surface area contributed by atoms with Crippen molar-refractivity contribution in [3.8, 4) is 0 Å². The van der Waals surface area contributed by atoms with E-state index in [-0.39, 0.29) is 5.91 Å². The average molecular weight is 631 g/mol. The maximum Gasteiger partial charge on any atom is 0.222 e. The minimum atomic E-state index is -0.0281. The van der Waals surface area contributed by atoms with Crippen molar-refractivity contribution in [3.63, 3.8) is 0 Å². The molecule has 1 amide bonds. The van der Waals surface area contributed by atoms with Crippen LogP contribution in [0.3, 0.4) is 0 Å². The maximum absolute atomic E-state index is 11.0. The Kier molecular flexibility index (Phi) is 18.3. The van der Waals surface area contributed by atoms with E-state index in [9.17, 15) is 4.79 Å². The number of aromatic nitrogens is 3. The first-order valence-corrected chi connectivity index (χ1v) is 16.4. The Labute approximate surface area is 268 Å². The SMILES string of the molecule is CNC(=O)CCOCCOCCOCCOCCOCc1cn(CCC(C)C)nn1.c1ccc2c(c1)CCCC2C1=NCCN1. The van der Waals surface area contributed by atoms with Crippen LogP contribution in [0.2, 0.25) is 0 Å². The minimum Gasteiger partial charge on any atom is -0.379 e. The van der Waals surface area contributed by atoms with Crippen molar-refractivity contribution in [2.75, 3.05) is 79.6 Å². The second-order valence-corrected chi connectivity index (χ2v) is 11.4. The summed E-state index contributed by atoms with van der Waals surface area (Å²) < 4.78 is 28.9. The van der Waals surface area contributed by atoms with Crippen molar-refractivity contribution in [2.45, 2.75) is 65.0 Å². The molecule has 1 aromatic carbocycles. The number of fused-ring (bicyclic) bond motifs is 1. The molecule has 12 heteroatoms. The van der Waals surface area contributed by atoms with E-state index in [1.54, 1.807) is 7.05 Å². The average Bonchev–Trinajstić information content (AvgIpc) is 3.76. The van der Waals surface area contributed by atoms with Crippen LogP contribution in [0.4, 0.5) is 0 Å². The van der Waals surface area contributed by atoms with Crippen LogP contribution in [0.1, 0.15) is 62.3 Å². The quantitative estimate of drug-likeness (QED) is 0.200. The number of hydrogen-bond donors (Lipinski definition) is 2. The van der Waals surface area contributed by atoms with E-state index in [1.807, 2.05) is 10.9 Å². The molecular weight excluding hydrogens is 576 g/mol. The molecule has 2 N–H and O–H groups in total. The van der Waals surface area contributed by atoms with Crippen molar-refractivity contribution in [2.24, 2.45) is 10.9 Å². The first-order valence-electron chi connectivity index (χ1n) is 16.4. The molecule has 0 saturated carbocycles. The zero-order chi connectivity index (χ0) is 32.0. The highest BCUT2D eigenvalue weighted by Gasteiger charge is 2.25. The van der Waals surface area contributed by atoms with Crippen LogP contribution < -0.4 is 10.6 Å².